The van der Waals surface area contributed by atoms with Crippen LogP contribution in [0.1, 0.15) is 36.0 Å². The summed E-state index contributed by atoms with van der Waals surface area (Å²) >= 11 is 0. The molecule has 1 spiro atoms. The maximum Gasteiger partial charge on any atom is 0.246 e. The van der Waals surface area contributed by atoms with Gasteiger partial charge in [0, 0.05) is 30.3 Å². The first kappa shape index (κ1) is 19.9. The highest BCUT2D eigenvalue weighted by atomic mass is 16.5. The van der Waals surface area contributed by atoms with Crippen molar-refractivity contribution in [2.75, 3.05) is 20.6 Å². The van der Waals surface area contributed by atoms with Gasteiger partial charge in [-0.2, -0.15) is 0 Å². The number of carbonyl (C=O) groups excluding carboxylic acids is 1. The van der Waals surface area contributed by atoms with Crippen molar-refractivity contribution in [1.82, 2.24) is 9.80 Å². The zero-order valence-corrected chi connectivity index (χ0v) is 18.3. The maximum absolute atomic E-state index is 13.1. The number of nitrogens with zero attached hydrogens (tertiary/aromatic N) is 2. The Morgan fingerprint density at radius 1 is 1.31 bits per heavy atom. The number of hydrogen-bond acceptors (Lipinski definition) is 6. The van der Waals surface area contributed by atoms with Gasteiger partial charge >= 0.3 is 0 Å². The van der Waals surface area contributed by atoms with Crippen LogP contribution in [0.4, 0.5) is 0 Å². The summed E-state index contributed by atoms with van der Waals surface area (Å²) in [7, 11) is 3.88. The highest BCUT2D eigenvalue weighted by molar-refractivity contribution is 5.91. The van der Waals surface area contributed by atoms with Gasteiger partial charge in [0.25, 0.3) is 0 Å². The van der Waals surface area contributed by atoms with Crippen LogP contribution < -0.4 is 4.74 Å². The summed E-state index contributed by atoms with van der Waals surface area (Å²) in [5.74, 6) is 0.484. The molecule has 2 aliphatic heterocycles. The highest BCUT2D eigenvalue weighted by Gasteiger charge is 2.73. The molecule has 168 valence electrons. The Bertz CT molecular complexity index is 1110. The minimum Gasteiger partial charge on any atom is -0.504 e. The zero-order valence-electron chi connectivity index (χ0n) is 18.3. The standard InChI is InChI=1S/C25H28N2O5/c1-26-11-10-24-21-16-4-5-18(28)22(21)32-23(24)17(7-9-25(24,30)19(26)13-16)27(2)20(29)6-3-15-8-12-31-14-15/h3-6,8,12,14,17,19,23,28,30H,7,9-11,13H2,1-2H3/b6-3+/t17?,19-,23?,24+,25-/m1/s1. The molecule has 3 heterocycles. The number of hydrogen-bond donors (Lipinski definition) is 2. The Balaban J connectivity index is 1.42. The third-order valence-electron chi connectivity index (χ3n) is 8.51. The largest absolute Gasteiger partial charge is 0.504 e. The number of benzene rings is 1. The van der Waals surface area contributed by atoms with Gasteiger partial charge in [-0.25, -0.2) is 0 Å². The number of piperidine rings is 1. The van der Waals surface area contributed by atoms with Crippen molar-refractivity contribution in [2.24, 2.45) is 0 Å². The van der Waals surface area contributed by atoms with Crippen molar-refractivity contribution < 1.29 is 24.2 Å². The number of rotatable bonds is 3. The van der Waals surface area contributed by atoms with Crippen LogP contribution in [0.5, 0.6) is 11.5 Å². The van der Waals surface area contributed by atoms with Crippen LogP contribution in [0, 0.1) is 0 Å². The summed E-state index contributed by atoms with van der Waals surface area (Å²) < 4.78 is 11.6. The van der Waals surface area contributed by atoms with Crippen molar-refractivity contribution >= 4 is 12.0 Å². The first-order valence-corrected chi connectivity index (χ1v) is 11.3. The van der Waals surface area contributed by atoms with Crippen LogP contribution >= 0.6 is 0 Å². The topological polar surface area (TPSA) is 86.4 Å². The molecule has 4 aliphatic rings. The highest BCUT2D eigenvalue weighted by Crippen LogP contribution is 2.65. The van der Waals surface area contributed by atoms with Gasteiger partial charge in [-0.1, -0.05) is 6.07 Å². The molecule has 7 heteroatoms. The molecule has 7 nitrogen and oxygen atoms in total. The van der Waals surface area contributed by atoms with Crippen LogP contribution in [0.15, 0.2) is 41.2 Å². The van der Waals surface area contributed by atoms with Crippen molar-refractivity contribution in [1.29, 1.82) is 0 Å². The van der Waals surface area contributed by atoms with Gasteiger partial charge < -0.3 is 29.2 Å². The molecule has 2 aliphatic carbocycles. The first-order chi connectivity index (χ1) is 15.4. The van der Waals surface area contributed by atoms with Gasteiger partial charge in [-0.05, 0) is 63.0 Å². The molecule has 0 radical (unpaired) electrons. The van der Waals surface area contributed by atoms with Gasteiger partial charge in [0.15, 0.2) is 11.5 Å². The average molecular weight is 437 g/mol. The summed E-state index contributed by atoms with van der Waals surface area (Å²) in [6.45, 7) is 0.839. The van der Waals surface area contributed by atoms with E-state index in [1.807, 2.05) is 6.07 Å². The number of aromatic hydroxyl groups is 1. The second kappa shape index (κ2) is 6.62. The minimum atomic E-state index is -0.955. The van der Waals surface area contributed by atoms with E-state index in [4.69, 9.17) is 9.15 Å². The molecular weight excluding hydrogens is 408 g/mol. The Kier molecular flexibility index (Phi) is 4.11. The lowest BCUT2D eigenvalue weighted by atomic mass is 9.48. The molecule has 6 rings (SSSR count). The fourth-order valence-electron chi connectivity index (χ4n) is 6.94. The fraction of sp³-hybridized carbons (Fsp3) is 0.480. The lowest BCUT2D eigenvalue weighted by molar-refractivity contribution is -0.195. The molecule has 2 aromatic rings. The summed E-state index contributed by atoms with van der Waals surface area (Å²) in [6.07, 6.45) is 8.73. The lowest BCUT2D eigenvalue weighted by Gasteiger charge is -2.64. The van der Waals surface area contributed by atoms with E-state index in [9.17, 15) is 15.0 Å². The van der Waals surface area contributed by atoms with E-state index >= 15 is 0 Å². The SMILES string of the molecule is CN(C(=O)/C=C/c1ccoc1)C1CC[C@@]2(O)[C@H]3Cc4ccc(O)c5c4[C@@]2(CCN3C)C1O5. The van der Waals surface area contributed by atoms with Crippen LogP contribution in [-0.4, -0.2) is 70.3 Å². The number of furan rings is 1. The predicted molar refractivity (Wildman–Crippen MR) is 117 cm³/mol. The van der Waals surface area contributed by atoms with E-state index in [2.05, 4.69) is 11.9 Å². The number of likely N-dealkylation sites (tertiary alicyclic amines) is 1. The molecule has 1 aromatic heterocycles. The van der Waals surface area contributed by atoms with Crippen molar-refractivity contribution in [3.05, 3.63) is 53.5 Å². The van der Waals surface area contributed by atoms with Crippen LogP contribution in [0.3, 0.4) is 0 Å². The smallest absolute Gasteiger partial charge is 0.246 e. The Morgan fingerprint density at radius 2 is 2.16 bits per heavy atom. The number of amides is 1. The number of ether oxygens (including phenoxy) is 1. The molecule has 1 amide bonds. The Labute approximate surface area is 186 Å². The number of phenols is 1. The quantitative estimate of drug-likeness (QED) is 0.719. The fourth-order valence-corrected chi connectivity index (χ4v) is 6.94. The molecule has 2 fully saturated rings. The molecule has 1 aromatic carbocycles. The van der Waals surface area contributed by atoms with Crippen LogP contribution in [0.25, 0.3) is 6.08 Å². The lowest BCUT2D eigenvalue weighted by Crippen LogP contribution is -2.77. The van der Waals surface area contributed by atoms with Gasteiger partial charge in [0.2, 0.25) is 5.91 Å². The zero-order chi connectivity index (χ0) is 22.3. The van der Waals surface area contributed by atoms with E-state index in [-0.39, 0.29) is 23.7 Å². The van der Waals surface area contributed by atoms with Gasteiger partial charge in [0.1, 0.15) is 6.10 Å². The van der Waals surface area contributed by atoms with E-state index in [0.717, 1.165) is 36.1 Å². The van der Waals surface area contributed by atoms with E-state index in [1.165, 1.54) is 0 Å². The monoisotopic (exact) mass is 436 g/mol. The van der Waals surface area contributed by atoms with Gasteiger partial charge in [-0.15, -0.1) is 0 Å². The Morgan fingerprint density at radius 3 is 2.94 bits per heavy atom. The van der Waals surface area contributed by atoms with Gasteiger partial charge in [-0.3, -0.25) is 4.79 Å². The average Bonchev–Trinajstić information content (AvgIpc) is 3.41. The summed E-state index contributed by atoms with van der Waals surface area (Å²) in [5.41, 5.74) is 1.35. The van der Waals surface area contributed by atoms with E-state index in [0.29, 0.717) is 18.6 Å². The number of aliphatic hydroxyl groups is 1. The molecule has 1 saturated heterocycles. The number of carbonyl (C=O) groups is 1. The maximum atomic E-state index is 13.1. The number of phenolic OH excluding ortho intramolecular Hbond substituents is 1. The summed E-state index contributed by atoms with van der Waals surface area (Å²) in [6, 6.07) is 5.25. The summed E-state index contributed by atoms with van der Waals surface area (Å²) in [4.78, 5) is 17.1. The third kappa shape index (κ3) is 2.35. The second-order valence-electron chi connectivity index (χ2n) is 9.78. The molecular formula is C25H28N2O5. The molecule has 2 bridgehead atoms. The van der Waals surface area contributed by atoms with Gasteiger partial charge in [0.05, 0.1) is 29.6 Å². The predicted octanol–water partition coefficient (Wildman–Crippen LogP) is 2.31. The number of likely N-dealkylation sites (N-methyl/N-ethyl adjacent to an activating group) is 2. The molecule has 1 saturated carbocycles. The molecule has 32 heavy (non-hydrogen) atoms. The molecule has 2 unspecified atom stereocenters. The summed E-state index contributed by atoms with van der Waals surface area (Å²) in [5, 5.41) is 22.9. The molecule has 2 N–H and O–H groups in total. The van der Waals surface area contributed by atoms with Crippen molar-refractivity contribution in [2.45, 2.75) is 54.9 Å². The van der Waals surface area contributed by atoms with Crippen LogP contribution in [0.2, 0.25) is 0 Å². The second-order valence-corrected chi connectivity index (χ2v) is 9.78. The van der Waals surface area contributed by atoms with E-state index < -0.39 is 17.1 Å². The van der Waals surface area contributed by atoms with Crippen molar-refractivity contribution in [3.8, 4) is 11.5 Å². The normalized spacial score (nSPS) is 34.9. The first-order valence-electron chi connectivity index (χ1n) is 11.3. The molecule has 5 atom stereocenters. The minimum absolute atomic E-state index is 0.00622. The Hall–Kier alpha value is -2.77. The van der Waals surface area contributed by atoms with E-state index in [1.54, 1.807) is 48.8 Å². The third-order valence-corrected chi connectivity index (χ3v) is 8.51. The van der Waals surface area contributed by atoms with Crippen LogP contribution in [-0.2, 0) is 16.6 Å². The van der Waals surface area contributed by atoms with Crippen molar-refractivity contribution in [3.63, 3.8) is 0 Å².